The summed E-state index contributed by atoms with van der Waals surface area (Å²) in [7, 11) is 1.60. The Bertz CT molecular complexity index is 733. The number of fused-ring (bicyclic) bond motifs is 1. The minimum absolute atomic E-state index is 0.406. The van der Waals surface area contributed by atoms with Crippen molar-refractivity contribution in [2.45, 2.75) is 12.7 Å². The molecule has 0 fully saturated rings. The monoisotopic (exact) mass is 296 g/mol. The van der Waals surface area contributed by atoms with Crippen LogP contribution in [0, 0.1) is 0 Å². The molecule has 0 saturated heterocycles. The molecule has 1 unspecified atom stereocenters. The molecule has 1 heterocycles. The largest absolute Gasteiger partial charge is 0.497 e. The van der Waals surface area contributed by atoms with Gasteiger partial charge in [0.05, 0.1) is 7.11 Å². The Morgan fingerprint density at radius 3 is 2.50 bits per heavy atom. The van der Waals surface area contributed by atoms with E-state index in [1.807, 2.05) is 18.2 Å². The van der Waals surface area contributed by atoms with Crippen LogP contribution in [-0.2, 0) is 10.5 Å². The summed E-state index contributed by atoms with van der Waals surface area (Å²) in [6, 6.07) is 12.6. The van der Waals surface area contributed by atoms with Gasteiger partial charge in [-0.1, -0.05) is 24.8 Å². The van der Waals surface area contributed by atoms with Crippen molar-refractivity contribution in [3.8, 4) is 11.5 Å². The van der Waals surface area contributed by atoms with Gasteiger partial charge in [-0.25, -0.2) is 4.79 Å². The van der Waals surface area contributed by atoms with Gasteiger partial charge >= 0.3 is 5.97 Å². The van der Waals surface area contributed by atoms with E-state index in [0.29, 0.717) is 16.9 Å². The SMILES string of the molecule is C=Cc1cccc2c1C(=O)OC(C)(c1ccc(OC)cc1)O2. The van der Waals surface area contributed by atoms with Gasteiger partial charge in [0, 0.05) is 12.5 Å². The summed E-state index contributed by atoms with van der Waals surface area (Å²) in [5, 5.41) is 0. The maximum absolute atomic E-state index is 12.4. The van der Waals surface area contributed by atoms with Gasteiger partial charge in [-0.05, 0) is 35.9 Å². The second kappa shape index (κ2) is 5.22. The first-order valence-electron chi connectivity index (χ1n) is 6.90. The lowest BCUT2D eigenvalue weighted by atomic mass is 10.0. The number of carbonyl (C=O) groups is 1. The van der Waals surface area contributed by atoms with E-state index in [0.717, 1.165) is 11.3 Å². The smallest absolute Gasteiger partial charge is 0.346 e. The van der Waals surface area contributed by atoms with Crippen molar-refractivity contribution in [2.24, 2.45) is 0 Å². The van der Waals surface area contributed by atoms with Crippen LogP contribution in [0.15, 0.2) is 49.0 Å². The topological polar surface area (TPSA) is 44.8 Å². The third-order valence-corrected chi connectivity index (χ3v) is 3.69. The van der Waals surface area contributed by atoms with Crippen LogP contribution in [0.4, 0.5) is 0 Å². The highest BCUT2D eigenvalue weighted by atomic mass is 16.7. The fraction of sp³-hybridized carbons (Fsp3) is 0.167. The summed E-state index contributed by atoms with van der Waals surface area (Å²) in [5.41, 5.74) is 1.83. The number of hydrogen-bond donors (Lipinski definition) is 0. The molecule has 0 aromatic heterocycles. The third-order valence-electron chi connectivity index (χ3n) is 3.69. The molecule has 0 spiro atoms. The summed E-state index contributed by atoms with van der Waals surface area (Å²) < 4.78 is 16.7. The number of cyclic esters (lactones) is 1. The Morgan fingerprint density at radius 2 is 1.86 bits per heavy atom. The van der Waals surface area contributed by atoms with E-state index < -0.39 is 11.8 Å². The molecule has 2 aromatic rings. The van der Waals surface area contributed by atoms with E-state index in [9.17, 15) is 4.79 Å². The first-order valence-corrected chi connectivity index (χ1v) is 6.90. The molecule has 0 radical (unpaired) electrons. The fourth-order valence-corrected chi connectivity index (χ4v) is 2.49. The van der Waals surface area contributed by atoms with Crippen molar-refractivity contribution in [3.05, 3.63) is 65.7 Å². The predicted molar refractivity (Wildman–Crippen MR) is 82.9 cm³/mol. The van der Waals surface area contributed by atoms with E-state index in [4.69, 9.17) is 14.2 Å². The average molecular weight is 296 g/mol. The lowest BCUT2D eigenvalue weighted by Gasteiger charge is -2.35. The second-order valence-corrected chi connectivity index (χ2v) is 5.09. The molecule has 0 bridgehead atoms. The van der Waals surface area contributed by atoms with E-state index in [1.54, 1.807) is 44.4 Å². The van der Waals surface area contributed by atoms with Crippen molar-refractivity contribution in [1.29, 1.82) is 0 Å². The molecule has 112 valence electrons. The molecule has 1 aliphatic heterocycles. The first kappa shape index (κ1) is 14.2. The molecule has 22 heavy (non-hydrogen) atoms. The Morgan fingerprint density at radius 1 is 1.14 bits per heavy atom. The molecule has 0 amide bonds. The zero-order chi connectivity index (χ0) is 15.7. The summed E-state index contributed by atoms with van der Waals surface area (Å²) in [4.78, 5) is 12.4. The highest BCUT2D eigenvalue weighted by Crippen LogP contribution is 2.39. The van der Waals surface area contributed by atoms with E-state index in [-0.39, 0.29) is 0 Å². The highest BCUT2D eigenvalue weighted by Gasteiger charge is 2.40. The van der Waals surface area contributed by atoms with Crippen LogP contribution in [-0.4, -0.2) is 13.1 Å². The molecule has 3 rings (SSSR count). The lowest BCUT2D eigenvalue weighted by molar-refractivity contribution is -0.148. The zero-order valence-corrected chi connectivity index (χ0v) is 12.5. The molecular formula is C18H16O4. The van der Waals surface area contributed by atoms with E-state index >= 15 is 0 Å². The van der Waals surface area contributed by atoms with Crippen molar-refractivity contribution >= 4 is 12.0 Å². The van der Waals surface area contributed by atoms with Crippen molar-refractivity contribution in [3.63, 3.8) is 0 Å². The highest BCUT2D eigenvalue weighted by molar-refractivity contribution is 5.97. The lowest BCUT2D eigenvalue weighted by Crippen LogP contribution is -2.39. The number of rotatable bonds is 3. The van der Waals surface area contributed by atoms with Crippen LogP contribution in [0.25, 0.3) is 6.08 Å². The van der Waals surface area contributed by atoms with Gasteiger partial charge in [0.1, 0.15) is 17.1 Å². The Hall–Kier alpha value is -2.75. The van der Waals surface area contributed by atoms with Crippen LogP contribution in [0.3, 0.4) is 0 Å². The Labute approximate surface area is 128 Å². The first-order chi connectivity index (χ1) is 10.6. The molecule has 1 atom stereocenters. The van der Waals surface area contributed by atoms with Crippen LogP contribution in [0.5, 0.6) is 11.5 Å². The third kappa shape index (κ3) is 2.22. The van der Waals surface area contributed by atoms with Gasteiger partial charge in [0.15, 0.2) is 0 Å². The Kier molecular flexibility index (Phi) is 3.37. The number of ether oxygens (including phenoxy) is 3. The van der Waals surface area contributed by atoms with Crippen LogP contribution in [0.2, 0.25) is 0 Å². The molecule has 0 aliphatic carbocycles. The molecule has 0 saturated carbocycles. The maximum Gasteiger partial charge on any atom is 0.346 e. The summed E-state index contributed by atoms with van der Waals surface area (Å²) >= 11 is 0. The maximum atomic E-state index is 12.4. The van der Waals surface area contributed by atoms with Gasteiger partial charge in [-0.2, -0.15) is 0 Å². The normalized spacial score (nSPS) is 19.6. The van der Waals surface area contributed by atoms with Crippen LogP contribution in [0.1, 0.15) is 28.4 Å². The number of esters is 1. The van der Waals surface area contributed by atoms with Gasteiger partial charge < -0.3 is 14.2 Å². The van der Waals surface area contributed by atoms with Crippen molar-refractivity contribution in [2.75, 3.05) is 7.11 Å². The van der Waals surface area contributed by atoms with Crippen molar-refractivity contribution in [1.82, 2.24) is 0 Å². The fourth-order valence-electron chi connectivity index (χ4n) is 2.49. The predicted octanol–water partition coefficient (Wildman–Crippen LogP) is 3.76. The van der Waals surface area contributed by atoms with Gasteiger partial charge in [0.2, 0.25) is 0 Å². The minimum Gasteiger partial charge on any atom is -0.497 e. The van der Waals surface area contributed by atoms with Gasteiger partial charge in [-0.15, -0.1) is 0 Å². The van der Waals surface area contributed by atoms with E-state index in [2.05, 4.69) is 6.58 Å². The zero-order valence-electron chi connectivity index (χ0n) is 12.5. The van der Waals surface area contributed by atoms with Gasteiger partial charge in [0.25, 0.3) is 5.79 Å². The minimum atomic E-state index is -1.17. The van der Waals surface area contributed by atoms with Crippen LogP contribution < -0.4 is 9.47 Å². The van der Waals surface area contributed by atoms with Crippen LogP contribution >= 0.6 is 0 Å². The molecule has 4 heteroatoms. The average Bonchev–Trinajstić information content (AvgIpc) is 2.54. The molecule has 0 N–H and O–H groups in total. The number of benzene rings is 2. The Balaban J connectivity index is 2.03. The summed E-state index contributed by atoms with van der Waals surface area (Å²) in [6.45, 7) is 5.43. The standard InChI is InChI=1S/C18H16O4/c1-4-12-6-5-7-15-16(12)17(19)22-18(2,21-15)13-8-10-14(20-3)11-9-13/h4-11H,1H2,2-3H3. The molecule has 2 aromatic carbocycles. The van der Waals surface area contributed by atoms with Gasteiger partial charge in [-0.3, -0.25) is 0 Å². The number of carbonyl (C=O) groups excluding carboxylic acids is 1. The van der Waals surface area contributed by atoms with E-state index in [1.165, 1.54) is 0 Å². The summed E-state index contributed by atoms with van der Waals surface area (Å²) in [6.07, 6.45) is 1.61. The number of hydrogen-bond acceptors (Lipinski definition) is 4. The van der Waals surface area contributed by atoms with Crippen molar-refractivity contribution < 1.29 is 19.0 Å². The molecular weight excluding hydrogens is 280 g/mol. The summed E-state index contributed by atoms with van der Waals surface area (Å²) in [5.74, 6) is -0.373. The second-order valence-electron chi connectivity index (χ2n) is 5.09. The molecule has 4 nitrogen and oxygen atoms in total. The molecule has 1 aliphatic rings. The number of methoxy groups -OCH3 is 1. The quantitative estimate of drug-likeness (QED) is 0.809.